The molecule has 0 bridgehead atoms. The van der Waals surface area contributed by atoms with Gasteiger partial charge in [0.25, 0.3) is 0 Å². The van der Waals surface area contributed by atoms with Gasteiger partial charge in [0.05, 0.1) is 32.0 Å². The highest BCUT2D eigenvalue weighted by atomic mass is 35.5. The van der Waals surface area contributed by atoms with E-state index in [1.165, 1.54) is 5.56 Å². The molecule has 3 aromatic rings. The Morgan fingerprint density at radius 2 is 1.83 bits per heavy atom. The summed E-state index contributed by atoms with van der Waals surface area (Å²) < 4.78 is 11.6. The Kier molecular flexibility index (Phi) is 7.72. The number of nitrogens with zero attached hydrogens (tertiary/aromatic N) is 6. The van der Waals surface area contributed by atoms with Crippen LogP contribution in [0.2, 0.25) is 0 Å². The zero-order valence-electron chi connectivity index (χ0n) is 20.8. The first-order valence-electron chi connectivity index (χ1n) is 12.1. The lowest BCUT2D eigenvalue weighted by atomic mass is 9.79. The number of benzene rings is 2. The van der Waals surface area contributed by atoms with Crippen LogP contribution in [0.3, 0.4) is 0 Å². The van der Waals surface area contributed by atoms with Gasteiger partial charge in [0, 0.05) is 29.2 Å². The number of rotatable bonds is 7. The van der Waals surface area contributed by atoms with Crippen LogP contribution in [0.4, 0.5) is 0 Å². The fraction of sp³-hybridized carbons (Fsp3) is 0.462. The van der Waals surface area contributed by atoms with E-state index in [0.29, 0.717) is 18.3 Å². The molecule has 2 aromatic carbocycles. The van der Waals surface area contributed by atoms with E-state index in [1.807, 2.05) is 6.92 Å². The molecule has 1 saturated heterocycles. The summed E-state index contributed by atoms with van der Waals surface area (Å²) in [5.41, 5.74) is 5.45. The Morgan fingerprint density at radius 1 is 1.06 bits per heavy atom. The predicted octanol–water partition coefficient (Wildman–Crippen LogP) is 4.22. The van der Waals surface area contributed by atoms with Crippen molar-refractivity contribution in [3.05, 3.63) is 53.1 Å². The predicted molar refractivity (Wildman–Crippen MR) is 139 cm³/mol. The molecule has 0 spiro atoms. The molecule has 5 rings (SSSR count). The van der Waals surface area contributed by atoms with Gasteiger partial charge in [0.2, 0.25) is 5.82 Å². The number of likely N-dealkylation sites (tertiary alicyclic amines) is 1. The highest BCUT2D eigenvalue weighted by molar-refractivity contribution is 6.15. The van der Waals surface area contributed by atoms with E-state index in [-0.39, 0.29) is 18.4 Å². The van der Waals surface area contributed by atoms with E-state index in [1.54, 1.807) is 11.9 Å². The number of aromatic nitrogens is 4. The van der Waals surface area contributed by atoms with Gasteiger partial charge in [0.1, 0.15) is 0 Å². The first-order valence-corrected chi connectivity index (χ1v) is 12.1. The van der Waals surface area contributed by atoms with Crippen LogP contribution in [0.5, 0.6) is 11.5 Å². The SMILES string of the molecule is CCCn1nnc(-c2ccc(C3=N[C@@H]4CCN(C)C[C@@H]4c4cc(OCC)c(OC)cc43)cc2)n1.Cl. The van der Waals surface area contributed by atoms with Crippen LogP contribution in [0.1, 0.15) is 49.3 Å². The Balaban J connectivity index is 0.00000289. The molecule has 1 aromatic heterocycles. The standard InChI is InChI=1S/C26H32N6O2.ClH/c1-5-12-32-29-26(28-30-32)18-9-7-17(8-10-18)25-20-15-23(33-4)24(34-6-2)14-19(20)21-16-31(3)13-11-22(21)27-25;/h7-10,14-15,21-22H,5-6,11-13,16H2,1-4H3;1H/t21-,22-;/m1./s1. The van der Waals surface area contributed by atoms with Crippen LogP contribution >= 0.6 is 12.4 Å². The molecule has 3 heterocycles. The monoisotopic (exact) mass is 496 g/mol. The summed E-state index contributed by atoms with van der Waals surface area (Å²) in [6.45, 7) is 7.51. The maximum atomic E-state index is 5.93. The molecular formula is C26H33ClN6O2. The normalized spacial score (nSPS) is 19.3. The van der Waals surface area contributed by atoms with Crippen LogP contribution in [-0.4, -0.2) is 70.7 Å². The number of piperidine rings is 1. The van der Waals surface area contributed by atoms with Crippen molar-refractivity contribution in [2.45, 2.75) is 45.2 Å². The molecule has 0 amide bonds. The smallest absolute Gasteiger partial charge is 0.204 e. The second-order valence-electron chi connectivity index (χ2n) is 9.01. The first kappa shape index (κ1) is 25.1. The highest BCUT2D eigenvalue weighted by Gasteiger charge is 2.36. The lowest BCUT2D eigenvalue weighted by molar-refractivity contribution is 0.226. The first-order chi connectivity index (χ1) is 16.6. The molecule has 2 aliphatic heterocycles. The highest BCUT2D eigenvalue weighted by Crippen LogP contribution is 2.42. The molecule has 9 heteroatoms. The number of fused-ring (bicyclic) bond motifs is 3. The number of tetrazole rings is 1. The van der Waals surface area contributed by atoms with Crippen molar-refractivity contribution in [2.24, 2.45) is 4.99 Å². The lowest BCUT2D eigenvalue weighted by Gasteiger charge is -2.39. The van der Waals surface area contributed by atoms with Gasteiger partial charge in [0.15, 0.2) is 11.5 Å². The third-order valence-corrected chi connectivity index (χ3v) is 6.66. The van der Waals surface area contributed by atoms with Gasteiger partial charge in [-0.1, -0.05) is 31.2 Å². The van der Waals surface area contributed by atoms with E-state index < -0.39 is 0 Å². The zero-order chi connectivity index (χ0) is 23.7. The van der Waals surface area contributed by atoms with Gasteiger partial charge in [-0.3, -0.25) is 4.99 Å². The molecule has 1 fully saturated rings. The van der Waals surface area contributed by atoms with Crippen LogP contribution in [0.15, 0.2) is 41.4 Å². The fourth-order valence-electron chi connectivity index (χ4n) is 4.97. The summed E-state index contributed by atoms with van der Waals surface area (Å²) in [6.07, 6.45) is 2.02. The van der Waals surface area contributed by atoms with Crippen LogP contribution in [0.25, 0.3) is 11.4 Å². The minimum absolute atomic E-state index is 0. The van der Waals surface area contributed by atoms with Gasteiger partial charge in [-0.15, -0.1) is 22.6 Å². The summed E-state index contributed by atoms with van der Waals surface area (Å²) in [5, 5.41) is 12.8. The lowest BCUT2D eigenvalue weighted by Crippen LogP contribution is -2.41. The van der Waals surface area contributed by atoms with Crippen molar-refractivity contribution in [1.82, 2.24) is 25.1 Å². The zero-order valence-corrected chi connectivity index (χ0v) is 21.6. The Labute approximate surface area is 212 Å². The van der Waals surface area contributed by atoms with E-state index >= 15 is 0 Å². The van der Waals surface area contributed by atoms with Gasteiger partial charge in [-0.05, 0) is 56.3 Å². The number of likely N-dealkylation sites (N-methyl/N-ethyl adjacent to an activating group) is 1. The third-order valence-electron chi connectivity index (χ3n) is 6.66. The molecule has 0 aliphatic carbocycles. The fourth-order valence-corrected chi connectivity index (χ4v) is 4.97. The molecule has 8 nitrogen and oxygen atoms in total. The largest absolute Gasteiger partial charge is 0.493 e. The molecule has 0 N–H and O–H groups in total. The van der Waals surface area contributed by atoms with Gasteiger partial charge in [-0.2, -0.15) is 4.80 Å². The van der Waals surface area contributed by atoms with Crippen molar-refractivity contribution in [1.29, 1.82) is 0 Å². The van der Waals surface area contributed by atoms with Crippen molar-refractivity contribution >= 4 is 18.1 Å². The van der Waals surface area contributed by atoms with Crippen LogP contribution in [-0.2, 0) is 6.54 Å². The van der Waals surface area contributed by atoms with Gasteiger partial charge in [-0.25, -0.2) is 0 Å². The minimum Gasteiger partial charge on any atom is -0.493 e. The number of methoxy groups -OCH3 is 1. The molecule has 0 unspecified atom stereocenters. The molecule has 0 radical (unpaired) electrons. The molecule has 35 heavy (non-hydrogen) atoms. The maximum absolute atomic E-state index is 5.93. The summed E-state index contributed by atoms with van der Waals surface area (Å²) in [7, 11) is 3.88. The van der Waals surface area contributed by atoms with Crippen molar-refractivity contribution < 1.29 is 9.47 Å². The van der Waals surface area contributed by atoms with Crippen molar-refractivity contribution in [2.75, 3.05) is 33.9 Å². The number of halogens is 1. The number of aliphatic imine (C=N–C) groups is 1. The number of ether oxygens (including phenoxy) is 2. The second-order valence-corrected chi connectivity index (χ2v) is 9.01. The topological polar surface area (TPSA) is 77.7 Å². The number of aryl methyl sites for hydroxylation is 1. The summed E-state index contributed by atoms with van der Waals surface area (Å²) in [6, 6.07) is 12.8. The summed E-state index contributed by atoms with van der Waals surface area (Å²) in [5.74, 6) is 2.53. The molecule has 2 atom stereocenters. The van der Waals surface area contributed by atoms with Crippen LogP contribution in [0, 0.1) is 0 Å². The Morgan fingerprint density at radius 3 is 2.54 bits per heavy atom. The molecular weight excluding hydrogens is 464 g/mol. The van der Waals surface area contributed by atoms with E-state index in [4.69, 9.17) is 14.5 Å². The second kappa shape index (κ2) is 10.7. The van der Waals surface area contributed by atoms with Gasteiger partial charge < -0.3 is 14.4 Å². The minimum atomic E-state index is 0. The Bertz CT molecular complexity index is 1190. The molecule has 186 valence electrons. The molecule has 2 aliphatic rings. The van der Waals surface area contributed by atoms with E-state index in [2.05, 4.69) is 70.7 Å². The van der Waals surface area contributed by atoms with Crippen molar-refractivity contribution in [3.63, 3.8) is 0 Å². The average Bonchev–Trinajstić information content (AvgIpc) is 3.32. The van der Waals surface area contributed by atoms with E-state index in [9.17, 15) is 0 Å². The molecule has 0 saturated carbocycles. The average molecular weight is 497 g/mol. The van der Waals surface area contributed by atoms with Crippen molar-refractivity contribution in [3.8, 4) is 22.9 Å². The Hall–Kier alpha value is -2.97. The maximum Gasteiger partial charge on any atom is 0.204 e. The summed E-state index contributed by atoms with van der Waals surface area (Å²) in [4.78, 5) is 9.32. The van der Waals surface area contributed by atoms with Crippen LogP contribution < -0.4 is 9.47 Å². The quantitative estimate of drug-likeness (QED) is 0.487. The number of hydrogen-bond acceptors (Lipinski definition) is 7. The third kappa shape index (κ3) is 4.90. The van der Waals surface area contributed by atoms with Gasteiger partial charge >= 0.3 is 0 Å². The van der Waals surface area contributed by atoms with E-state index in [0.717, 1.165) is 66.4 Å². The number of hydrogen-bond donors (Lipinski definition) is 0. The summed E-state index contributed by atoms with van der Waals surface area (Å²) >= 11 is 0.